The lowest BCUT2D eigenvalue weighted by Crippen LogP contribution is -2.72. The van der Waals surface area contributed by atoms with Gasteiger partial charge in [0.05, 0.1) is 22.2 Å². The van der Waals surface area contributed by atoms with Crippen LogP contribution < -0.4 is 21.1 Å². The highest BCUT2D eigenvalue weighted by Crippen LogP contribution is 2.46. The molecular formula is C36H22BN2S+. The normalized spacial score (nSPS) is 15.6. The summed E-state index contributed by atoms with van der Waals surface area (Å²) < 4.78 is 5.15. The summed E-state index contributed by atoms with van der Waals surface area (Å²) in [5, 5.41) is 2.62. The molecule has 0 radical (unpaired) electrons. The van der Waals surface area contributed by atoms with Crippen molar-refractivity contribution in [1.29, 1.82) is 0 Å². The van der Waals surface area contributed by atoms with Gasteiger partial charge in [-0.2, -0.15) is 4.57 Å². The lowest BCUT2D eigenvalue weighted by Gasteiger charge is -2.32. The van der Waals surface area contributed by atoms with Crippen LogP contribution in [-0.4, -0.2) is 11.3 Å². The molecule has 3 aliphatic heterocycles. The maximum atomic E-state index is 2.65. The van der Waals surface area contributed by atoms with Crippen LogP contribution >= 0.6 is 11.8 Å². The predicted octanol–water partition coefficient (Wildman–Crippen LogP) is 5.98. The number of pyridine rings is 1. The molecule has 10 rings (SSSR count). The first-order chi connectivity index (χ1) is 19.9. The Morgan fingerprint density at radius 2 is 1.45 bits per heavy atom. The molecule has 5 aromatic carbocycles. The van der Waals surface area contributed by atoms with E-state index in [0.717, 1.165) is 0 Å². The molecule has 5 heterocycles. The molecule has 4 heteroatoms. The predicted molar refractivity (Wildman–Crippen MR) is 165 cm³/mol. The van der Waals surface area contributed by atoms with Gasteiger partial charge in [-0.05, 0) is 53.4 Å². The number of aromatic nitrogens is 2. The molecule has 0 N–H and O–H groups in total. The molecule has 1 atom stereocenters. The fraction of sp³-hybridized carbons (Fsp3) is 0.0278. The quantitative estimate of drug-likeness (QED) is 0.189. The largest absolute Gasteiger partial charge is 0.328 e. The van der Waals surface area contributed by atoms with E-state index in [1.807, 2.05) is 11.8 Å². The highest BCUT2D eigenvalue weighted by Gasteiger charge is 2.52. The summed E-state index contributed by atoms with van der Waals surface area (Å²) in [5.41, 5.74) is 13.6. The molecule has 0 spiro atoms. The Hall–Kier alpha value is -4.54. The van der Waals surface area contributed by atoms with Crippen LogP contribution in [0, 0.1) is 0 Å². The van der Waals surface area contributed by atoms with Crippen molar-refractivity contribution in [2.24, 2.45) is 0 Å². The Balaban J connectivity index is 1.38. The van der Waals surface area contributed by atoms with E-state index in [4.69, 9.17) is 0 Å². The second-order valence-corrected chi connectivity index (χ2v) is 12.1. The fourth-order valence-electron chi connectivity index (χ4n) is 7.72. The van der Waals surface area contributed by atoms with Crippen molar-refractivity contribution >= 4 is 56.8 Å². The van der Waals surface area contributed by atoms with Crippen molar-refractivity contribution in [2.45, 2.75) is 15.8 Å². The summed E-state index contributed by atoms with van der Waals surface area (Å²) in [6.07, 6.45) is 0. The Bertz CT molecular complexity index is 2210. The van der Waals surface area contributed by atoms with Crippen molar-refractivity contribution in [3.05, 3.63) is 139 Å². The first-order valence-electron chi connectivity index (χ1n) is 13.9. The summed E-state index contributed by atoms with van der Waals surface area (Å²) in [4.78, 5) is 2.76. The van der Waals surface area contributed by atoms with Crippen molar-refractivity contribution in [1.82, 2.24) is 4.57 Å². The summed E-state index contributed by atoms with van der Waals surface area (Å²) in [6, 6.07) is 47.5. The molecule has 40 heavy (non-hydrogen) atoms. The zero-order chi connectivity index (χ0) is 25.9. The number of rotatable bonds is 1. The van der Waals surface area contributed by atoms with Crippen molar-refractivity contribution in [3.8, 4) is 16.9 Å². The van der Waals surface area contributed by atoms with E-state index in [1.165, 1.54) is 76.2 Å². The third-order valence-electron chi connectivity index (χ3n) is 9.19. The topological polar surface area (TPSA) is 8.81 Å². The molecule has 2 aromatic heterocycles. The Labute approximate surface area is 236 Å². The van der Waals surface area contributed by atoms with Gasteiger partial charge >= 0.3 is 6.71 Å². The summed E-state index contributed by atoms with van der Waals surface area (Å²) in [7, 11) is 0. The highest BCUT2D eigenvalue weighted by molar-refractivity contribution is 8.00. The van der Waals surface area contributed by atoms with Gasteiger partial charge in [-0.3, -0.25) is 0 Å². The SMILES string of the molecule is c1ccc(-n2c3ccccc3c3ccc4c(c32)C2c3cccc5c3B(c3ccccc3S5)c3cccc-4[n+]32)cc1. The Kier molecular flexibility index (Phi) is 4.03. The lowest BCUT2D eigenvalue weighted by atomic mass is 9.36. The molecule has 0 saturated heterocycles. The molecule has 2 nitrogen and oxygen atoms in total. The highest BCUT2D eigenvalue weighted by atomic mass is 32.2. The molecule has 0 amide bonds. The van der Waals surface area contributed by atoms with Crippen molar-refractivity contribution in [2.75, 3.05) is 0 Å². The number of benzene rings is 5. The van der Waals surface area contributed by atoms with Gasteiger partial charge in [0.1, 0.15) is 5.59 Å². The standard InChI is InChI=1S/C36H22BN2S/c1-2-10-22(11-3-1)38-28-15-6-4-12-23(28)24-20-21-25-29-16-9-19-32-37-27-14-5-7-17-30(27)40-31-18-8-13-26(34(31)37)36(39(29)32)33(25)35(24)38/h1-21,36H/q+1. The van der Waals surface area contributed by atoms with Crippen LogP contribution in [0.1, 0.15) is 17.2 Å². The average Bonchev–Trinajstić information content (AvgIpc) is 3.53. The smallest absolute Gasteiger partial charge is 0.309 e. The Morgan fingerprint density at radius 1 is 0.650 bits per heavy atom. The first-order valence-corrected chi connectivity index (χ1v) is 14.8. The number of hydrogen-bond donors (Lipinski definition) is 0. The van der Waals surface area contributed by atoms with E-state index in [0.29, 0.717) is 0 Å². The van der Waals surface area contributed by atoms with Gasteiger partial charge in [0.25, 0.3) is 0 Å². The molecule has 0 bridgehead atoms. The summed E-state index contributed by atoms with van der Waals surface area (Å²) >= 11 is 1.93. The van der Waals surface area contributed by atoms with Crippen molar-refractivity contribution < 1.29 is 4.57 Å². The van der Waals surface area contributed by atoms with Crippen molar-refractivity contribution in [3.63, 3.8) is 0 Å². The monoisotopic (exact) mass is 525 g/mol. The molecule has 0 saturated carbocycles. The fourth-order valence-corrected chi connectivity index (χ4v) is 8.90. The van der Waals surface area contributed by atoms with Gasteiger partial charge in [-0.1, -0.05) is 90.6 Å². The minimum Gasteiger partial charge on any atom is -0.309 e. The maximum Gasteiger partial charge on any atom is 0.328 e. The molecular weight excluding hydrogens is 503 g/mol. The van der Waals surface area contributed by atoms with Gasteiger partial charge in [-0.25, -0.2) is 0 Å². The molecule has 1 unspecified atom stereocenters. The number of fused-ring (bicyclic) bond motifs is 11. The zero-order valence-corrected chi connectivity index (χ0v) is 22.4. The van der Waals surface area contributed by atoms with Crippen LogP contribution in [0.5, 0.6) is 0 Å². The molecule has 7 aromatic rings. The van der Waals surface area contributed by atoms with E-state index in [2.05, 4.69) is 137 Å². The second kappa shape index (κ2) is 7.56. The van der Waals surface area contributed by atoms with Crippen LogP contribution in [-0.2, 0) is 0 Å². The van der Waals surface area contributed by atoms with E-state index in [-0.39, 0.29) is 12.8 Å². The van der Waals surface area contributed by atoms with Gasteiger partial charge < -0.3 is 4.57 Å². The lowest BCUT2D eigenvalue weighted by molar-refractivity contribution is -0.672. The summed E-state index contributed by atoms with van der Waals surface area (Å²) in [5.74, 6) is 0. The average molecular weight is 525 g/mol. The van der Waals surface area contributed by atoms with Gasteiger partial charge in [-0.15, -0.1) is 0 Å². The number of hydrogen-bond acceptors (Lipinski definition) is 1. The summed E-state index contributed by atoms with van der Waals surface area (Å²) in [6.45, 7) is 0.240. The van der Waals surface area contributed by atoms with Crippen LogP contribution in [0.4, 0.5) is 0 Å². The molecule has 0 aliphatic carbocycles. The van der Waals surface area contributed by atoms with Crippen LogP contribution in [0.2, 0.25) is 0 Å². The third-order valence-corrected chi connectivity index (χ3v) is 10.4. The molecule has 3 aliphatic rings. The van der Waals surface area contributed by atoms with E-state index in [9.17, 15) is 0 Å². The van der Waals surface area contributed by atoms with Crippen LogP contribution in [0.25, 0.3) is 38.8 Å². The number of nitrogens with zero attached hydrogens (tertiary/aromatic N) is 2. The Morgan fingerprint density at radius 3 is 2.40 bits per heavy atom. The first kappa shape index (κ1) is 21.3. The van der Waals surface area contributed by atoms with Gasteiger partial charge in [0, 0.05) is 37.9 Å². The minimum atomic E-state index is 0.133. The third kappa shape index (κ3) is 2.51. The molecule has 0 fully saturated rings. The van der Waals surface area contributed by atoms with Gasteiger partial charge in [0.15, 0.2) is 0 Å². The van der Waals surface area contributed by atoms with Crippen LogP contribution in [0.3, 0.4) is 0 Å². The number of para-hydroxylation sites is 2. The minimum absolute atomic E-state index is 0.133. The van der Waals surface area contributed by atoms with Gasteiger partial charge in [0.2, 0.25) is 11.7 Å². The van der Waals surface area contributed by atoms with Crippen LogP contribution in [0.15, 0.2) is 137 Å². The van der Waals surface area contributed by atoms with E-state index >= 15 is 0 Å². The maximum absolute atomic E-state index is 2.65. The molecule has 184 valence electrons. The zero-order valence-electron chi connectivity index (χ0n) is 21.6. The van der Waals surface area contributed by atoms with E-state index in [1.54, 1.807) is 0 Å². The van der Waals surface area contributed by atoms with E-state index < -0.39 is 0 Å². The second-order valence-electron chi connectivity index (χ2n) is 11.1.